The molecule has 0 saturated carbocycles. The highest BCUT2D eigenvalue weighted by molar-refractivity contribution is 7.05. The summed E-state index contributed by atoms with van der Waals surface area (Å²) >= 11 is 0. The summed E-state index contributed by atoms with van der Waals surface area (Å²) in [5.41, 5.74) is -1.33. The van der Waals surface area contributed by atoms with E-state index in [1.165, 1.54) is 19.6 Å². The summed E-state index contributed by atoms with van der Waals surface area (Å²) in [5.74, 6) is -10.6. The molecular formula is C10H9F5OSi. The van der Waals surface area contributed by atoms with Crippen LogP contribution in [0.1, 0.15) is 10.4 Å². The molecule has 1 nitrogen and oxygen atoms in total. The Bertz CT molecular complexity index is 463. The van der Waals surface area contributed by atoms with E-state index in [0.717, 1.165) is 0 Å². The lowest BCUT2D eigenvalue weighted by molar-refractivity contribution is 0.105. The van der Waals surface area contributed by atoms with E-state index in [1.54, 1.807) is 0 Å². The SMILES string of the molecule is C[Si](C)(C)C(=O)c1c(F)c(F)c(F)c(F)c1F. The van der Waals surface area contributed by atoms with Gasteiger partial charge >= 0.3 is 0 Å². The van der Waals surface area contributed by atoms with E-state index in [4.69, 9.17) is 0 Å². The van der Waals surface area contributed by atoms with Crippen LogP contribution in [0.15, 0.2) is 0 Å². The van der Waals surface area contributed by atoms with Gasteiger partial charge in [-0.05, 0) is 0 Å². The molecule has 0 fully saturated rings. The number of carbonyl (C=O) groups is 1. The van der Waals surface area contributed by atoms with E-state index in [9.17, 15) is 26.7 Å². The van der Waals surface area contributed by atoms with Gasteiger partial charge < -0.3 is 0 Å². The fraction of sp³-hybridized carbons (Fsp3) is 0.300. The minimum atomic E-state index is -2.70. The van der Waals surface area contributed by atoms with Crippen molar-refractivity contribution in [3.63, 3.8) is 0 Å². The summed E-state index contributed by atoms with van der Waals surface area (Å²) in [6.45, 7) is 4.36. The summed E-state index contributed by atoms with van der Waals surface area (Å²) in [6, 6.07) is 0. The van der Waals surface area contributed by atoms with Crippen LogP contribution in [-0.4, -0.2) is 13.5 Å². The van der Waals surface area contributed by atoms with E-state index in [-0.39, 0.29) is 0 Å². The van der Waals surface area contributed by atoms with Crippen LogP contribution in [0.25, 0.3) is 0 Å². The van der Waals surface area contributed by atoms with Crippen LogP contribution < -0.4 is 0 Å². The summed E-state index contributed by atoms with van der Waals surface area (Å²) in [4.78, 5) is 11.6. The van der Waals surface area contributed by atoms with Crippen molar-refractivity contribution in [2.24, 2.45) is 0 Å². The Morgan fingerprint density at radius 1 is 0.765 bits per heavy atom. The molecule has 1 aromatic rings. The van der Waals surface area contributed by atoms with E-state index in [0.29, 0.717) is 0 Å². The molecule has 94 valence electrons. The lowest BCUT2D eigenvalue weighted by atomic mass is 10.2. The first-order chi connectivity index (χ1) is 7.59. The molecule has 0 unspecified atom stereocenters. The second-order valence-electron chi connectivity index (χ2n) is 4.52. The highest BCUT2D eigenvalue weighted by atomic mass is 28.3. The standard InChI is InChI=1S/C10H9F5OSi/c1-17(2,3)10(16)4-5(11)7(13)9(15)8(14)6(4)12/h1-3H3. The molecule has 0 radical (unpaired) electrons. The Balaban J connectivity index is 3.62. The zero-order valence-corrected chi connectivity index (χ0v) is 10.3. The van der Waals surface area contributed by atoms with Gasteiger partial charge in [0.25, 0.3) is 0 Å². The molecule has 0 saturated heterocycles. The van der Waals surface area contributed by atoms with E-state index >= 15 is 0 Å². The minimum absolute atomic E-state index is 1.01. The van der Waals surface area contributed by atoms with Gasteiger partial charge in [-0.3, -0.25) is 4.79 Å². The minimum Gasteiger partial charge on any atom is -0.300 e. The first-order valence-corrected chi connectivity index (χ1v) is 8.15. The fourth-order valence-electron chi connectivity index (χ4n) is 1.18. The molecule has 0 heterocycles. The molecule has 1 aromatic carbocycles. The molecule has 0 spiro atoms. The van der Waals surface area contributed by atoms with Crippen LogP contribution in [0.3, 0.4) is 0 Å². The quantitative estimate of drug-likeness (QED) is 0.347. The highest BCUT2D eigenvalue weighted by Gasteiger charge is 2.35. The van der Waals surface area contributed by atoms with Crippen molar-refractivity contribution in [3.8, 4) is 0 Å². The number of carbonyl (C=O) groups excluding carboxylic acids is 1. The van der Waals surface area contributed by atoms with Gasteiger partial charge in [0, 0.05) is 0 Å². The van der Waals surface area contributed by atoms with Gasteiger partial charge in [0.2, 0.25) is 5.82 Å². The van der Waals surface area contributed by atoms with E-state index in [1.807, 2.05) is 0 Å². The predicted molar refractivity (Wildman–Crippen MR) is 53.9 cm³/mol. The summed E-state index contributed by atoms with van der Waals surface area (Å²) in [6.07, 6.45) is 0. The molecule has 0 atom stereocenters. The van der Waals surface area contributed by atoms with E-state index < -0.39 is 48.1 Å². The predicted octanol–water partition coefficient (Wildman–Crippen LogP) is 3.44. The second-order valence-corrected chi connectivity index (χ2v) is 9.48. The van der Waals surface area contributed by atoms with Crippen molar-refractivity contribution < 1.29 is 26.7 Å². The molecular weight excluding hydrogens is 259 g/mol. The van der Waals surface area contributed by atoms with Crippen molar-refractivity contribution in [2.75, 3.05) is 0 Å². The summed E-state index contributed by atoms with van der Waals surface area (Å²) < 4.78 is 65.0. The Morgan fingerprint density at radius 2 is 1.06 bits per heavy atom. The van der Waals surface area contributed by atoms with Crippen molar-refractivity contribution in [1.29, 1.82) is 0 Å². The first-order valence-electron chi connectivity index (χ1n) is 4.65. The molecule has 0 amide bonds. The molecule has 0 aliphatic carbocycles. The van der Waals surface area contributed by atoms with Gasteiger partial charge in [-0.25, -0.2) is 22.0 Å². The molecule has 1 rings (SSSR count). The van der Waals surface area contributed by atoms with Crippen LogP contribution in [-0.2, 0) is 0 Å². The molecule has 0 bridgehead atoms. The number of benzene rings is 1. The van der Waals surface area contributed by atoms with Crippen molar-refractivity contribution in [1.82, 2.24) is 0 Å². The third-order valence-electron chi connectivity index (χ3n) is 2.12. The molecule has 17 heavy (non-hydrogen) atoms. The molecule has 0 aliphatic heterocycles. The van der Waals surface area contributed by atoms with Crippen LogP contribution in [0.5, 0.6) is 0 Å². The van der Waals surface area contributed by atoms with Gasteiger partial charge in [0.1, 0.15) is 13.5 Å². The summed E-state index contributed by atoms with van der Waals surface area (Å²) in [7, 11) is -2.70. The Morgan fingerprint density at radius 3 is 1.35 bits per heavy atom. The highest BCUT2D eigenvalue weighted by Crippen LogP contribution is 2.25. The Hall–Kier alpha value is -1.24. The number of hydrogen-bond donors (Lipinski definition) is 0. The average Bonchev–Trinajstić information content (AvgIpc) is 2.22. The average molecular weight is 268 g/mol. The van der Waals surface area contributed by atoms with Gasteiger partial charge in [-0.15, -0.1) is 0 Å². The number of rotatable bonds is 2. The maximum atomic E-state index is 13.3. The monoisotopic (exact) mass is 268 g/mol. The molecule has 0 aliphatic rings. The summed E-state index contributed by atoms with van der Waals surface area (Å²) in [5, 5.41) is -1.01. The van der Waals surface area contributed by atoms with Gasteiger partial charge in [-0.1, -0.05) is 19.6 Å². The van der Waals surface area contributed by atoms with E-state index in [2.05, 4.69) is 0 Å². The lowest BCUT2D eigenvalue weighted by Crippen LogP contribution is -2.35. The first kappa shape index (κ1) is 13.8. The largest absolute Gasteiger partial charge is 0.300 e. The second kappa shape index (κ2) is 4.21. The third-order valence-corrected chi connectivity index (χ3v) is 3.73. The zero-order chi connectivity index (χ0) is 13.5. The molecule has 0 N–H and O–H groups in total. The van der Waals surface area contributed by atoms with Crippen LogP contribution in [0, 0.1) is 29.1 Å². The maximum Gasteiger partial charge on any atom is 0.200 e. The van der Waals surface area contributed by atoms with Crippen LogP contribution in [0.4, 0.5) is 22.0 Å². The number of hydrogen-bond acceptors (Lipinski definition) is 1. The van der Waals surface area contributed by atoms with Crippen molar-refractivity contribution in [2.45, 2.75) is 19.6 Å². The Labute approximate surface area is 95.3 Å². The normalized spacial score (nSPS) is 11.8. The van der Waals surface area contributed by atoms with Crippen LogP contribution in [0.2, 0.25) is 19.6 Å². The topological polar surface area (TPSA) is 17.1 Å². The van der Waals surface area contributed by atoms with Crippen molar-refractivity contribution in [3.05, 3.63) is 34.6 Å². The molecule has 7 heteroatoms. The fourth-order valence-corrected chi connectivity index (χ4v) is 2.15. The van der Waals surface area contributed by atoms with Gasteiger partial charge in [-0.2, -0.15) is 0 Å². The van der Waals surface area contributed by atoms with Gasteiger partial charge in [0.15, 0.2) is 23.3 Å². The smallest absolute Gasteiger partial charge is 0.200 e. The van der Waals surface area contributed by atoms with Crippen molar-refractivity contribution >= 4 is 13.5 Å². The third kappa shape index (κ3) is 2.24. The lowest BCUT2D eigenvalue weighted by Gasteiger charge is -2.16. The number of halogens is 5. The zero-order valence-electron chi connectivity index (χ0n) is 9.30. The molecule has 0 aromatic heterocycles. The van der Waals surface area contributed by atoms with Crippen LogP contribution >= 0.6 is 0 Å². The maximum absolute atomic E-state index is 13.3. The Kier molecular flexibility index (Phi) is 3.42. The van der Waals surface area contributed by atoms with Gasteiger partial charge in [0.05, 0.1) is 5.56 Å².